The fourth-order valence-corrected chi connectivity index (χ4v) is 4.05. The van der Waals surface area contributed by atoms with Gasteiger partial charge >= 0.3 is 0 Å². The number of hydrogen-bond donors (Lipinski definition) is 1. The average molecular weight is 342 g/mol. The fraction of sp³-hybridized carbons (Fsp3) is 0.625. The molecule has 1 atom stereocenters. The molecule has 0 radical (unpaired) electrons. The standard InChI is InChI=1S/C16H26N2O4S/c1-14(19)13-18-8-6-17(7-9-18)10-11-23(20,21)16-5-3-4-15(12-16)22-2/h3-5,12,14,19H,6-11,13H2,1-2H3/t14-/m1/s1. The Morgan fingerprint density at radius 3 is 2.48 bits per heavy atom. The second kappa shape index (κ2) is 8.10. The van der Waals surface area contributed by atoms with E-state index in [0.717, 1.165) is 26.2 Å². The number of piperazine rings is 1. The van der Waals surface area contributed by atoms with Gasteiger partial charge in [0.1, 0.15) is 5.75 Å². The topological polar surface area (TPSA) is 70.1 Å². The van der Waals surface area contributed by atoms with Crippen LogP contribution in [0, 0.1) is 0 Å². The van der Waals surface area contributed by atoms with Crippen molar-refractivity contribution in [3.63, 3.8) is 0 Å². The minimum atomic E-state index is -3.30. The molecular weight excluding hydrogens is 316 g/mol. The van der Waals surface area contributed by atoms with Gasteiger partial charge in [-0.15, -0.1) is 0 Å². The van der Waals surface area contributed by atoms with Gasteiger partial charge < -0.3 is 9.84 Å². The molecule has 1 aromatic rings. The molecule has 2 rings (SSSR count). The van der Waals surface area contributed by atoms with Crippen molar-refractivity contribution in [3.8, 4) is 5.75 Å². The van der Waals surface area contributed by atoms with Gasteiger partial charge in [-0.05, 0) is 25.1 Å². The van der Waals surface area contributed by atoms with Crippen molar-refractivity contribution in [1.29, 1.82) is 0 Å². The zero-order chi connectivity index (χ0) is 16.9. The van der Waals surface area contributed by atoms with Crippen molar-refractivity contribution in [1.82, 2.24) is 9.80 Å². The smallest absolute Gasteiger partial charge is 0.179 e. The van der Waals surface area contributed by atoms with Gasteiger partial charge in [-0.2, -0.15) is 0 Å². The molecule has 23 heavy (non-hydrogen) atoms. The summed E-state index contributed by atoms with van der Waals surface area (Å²) in [6.07, 6.45) is -0.324. The highest BCUT2D eigenvalue weighted by molar-refractivity contribution is 7.91. The first-order chi connectivity index (χ1) is 10.9. The van der Waals surface area contributed by atoms with E-state index in [4.69, 9.17) is 4.74 Å². The number of aliphatic hydroxyl groups is 1. The summed E-state index contributed by atoms with van der Waals surface area (Å²) in [5.74, 6) is 0.661. The number of β-amino-alcohol motifs (C(OH)–C–C–N with tert-alkyl or cyclic N) is 1. The quantitative estimate of drug-likeness (QED) is 0.777. The first kappa shape index (κ1) is 18.2. The number of rotatable bonds is 7. The number of methoxy groups -OCH3 is 1. The molecule has 1 fully saturated rings. The van der Waals surface area contributed by atoms with Crippen molar-refractivity contribution >= 4 is 9.84 Å². The zero-order valence-corrected chi connectivity index (χ0v) is 14.6. The number of sulfone groups is 1. The summed E-state index contributed by atoms with van der Waals surface area (Å²) in [6, 6.07) is 6.61. The number of benzene rings is 1. The van der Waals surface area contributed by atoms with Crippen LogP contribution in [0.25, 0.3) is 0 Å². The molecule has 1 heterocycles. The van der Waals surface area contributed by atoms with E-state index in [2.05, 4.69) is 9.80 Å². The van der Waals surface area contributed by atoms with E-state index in [1.54, 1.807) is 31.2 Å². The normalized spacial score (nSPS) is 18.7. The Morgan fingerprint density at radius 1 is 1.22 bits per heavy atom. The summed E-state index contributed by atoms with van der Waals surface area (Å²) in [5, 5.41) is 9.40. The van der Waals surface area contributed by atoms with Crippen LogP contribution in [0.15, 0.2) is 29.2 Å². The molecular formula is C16H26N2O4S. The Kier molecular flexibility index (Phi) is 6.41. The van der Waals surface area contributed by atoms with Crippen LogP contribution in [0.4, 0.5) is 0 Å². The molecule has 0 aliphatic carbocycles. The third-order valence-corrected chi connectivity index (χ3v) is 5.76. The molecule has 1 saturated heterocycles. The fourth-order valence-electron chi connectivity index (χ4n) is 2.73. The molecule has 1 N–H and O–H groups in total. The Balaban J connectivity index is 1.85. The summed E-state index contributed by atoms with van der Waals surface area (Å²) in [5.41, 5.74) is 0. The van der Waals surface area contributed by atoms with Gasteiger partial charge in [-0.25, -0.2) is 8.42 Å². The van der Waals surface area contributed by atoms with Crippen LogP contribution in [0.3, 0.4) is 0 Å². The lowest BCUT2D eigenvalue weighted by Crippen LogP contribution is -2.49. The molecule has 6 nitrogen and oxygen atoms in total. The Morgan fingerprint density at radius 2 is 1.87 bits per heavy atom. The lowest BCUT2D eigenvalue weighted by molar-refractivity contribution is 0.0832. The highest BCUT2D eigenvalue weighted by Crippen LogP contribution is 2.18. The van der Waals surface area contributed by atoms with Gasteiger partial charge in [-0.1, -0.05) is 6.07 Å². The van der Waals surface area contributed by atoms with Crippen LogP contribution in [0.2, 0.25) is 0 Å². The molecule has 1 aliphatic rings. The van der Waals surface area contributed by atoms with E-state index in [1.807, 2.05) is 0 Å². The van der Waals surface area contributed by atoms with E-state index in [9.17, 15) is 13.5 Å². The van der Waals surface area contributed by atoms with Gasteiger partial charge in [0.15, 0.2) is 9.84 Å². The number of hydrogen-bond acceptors (Lipinski definition) is 6. The van der Waals surface area contributed by atoms with Crippen molar-refractivity contribution in [2.75, 3.05) is 52.1 Å². The van der Waals surface area contributed by atoms with Crippen LogP contribution >= 0.6 is 0 Å². The third-order valence-electron chi connectivity index (χ3n) is 4.06. The predicted molar refractivity (Wildman–Crippen MR) is 89.6 cm³/mol. The largest absolute Gasteiger partial charge is 0.497 e. The van der Waals surface area contributed by atoms with Crippen LogP contribution in [-0.2, 0) is 9.84 Å². The Hall–Kier alpha value is -1.15. The predicted octanol–water partition coefficient (Wildman–Crippen LogP) is 0.467. The van der Waals surface area contributed by atoms with E-state index >= 15 is 0 Å². The molecule has 130 valence electrons. The van der Waals surface area contributed by atoms with Crippen molar-refractivity contribution in [3.05, 3.63) is 24.3 Å². The molecule has 0 bridgehead atoms. The van der Waals surface area contributed by atoms with Crippen molar-refractivity contribution < 1.29 is 18.3 Å². The lowest BCUT2D eigenvalue weighted by Gasteiger charge is -2.35. The zero-order valence-electron chi connectivity index (χ0n) is 13.8. The van der Waals surface area contributed by atoms with E-state index in [0.29, 0.717) is 23.7 Å². The number of nitrogens with zero attached hydrogens (tertiary/aromatic N) is 2. The van der Waals surface area contributed by atoms with Crippen LogP contribution < -0.4 is 4.74 Å². The SMILES string of the molecule is COc1cccc(S(=O)(=O)CCN2CCN(C[C@@H](C)O)CC2)c1. The third kappa shape index (κ3) is 5.46. The maximum atomic E-state index is 12.4. The molecule has 0 unspecified atom stereocenters. The maximum absolute atomic E-state index is 12.4. The highest BCUT2D eigenvalue weighted by atomic mass is 32.2. The minimum absolute atomic E-state index is 0.108. The lowest BCUT2D eigenvalue weighted by atomic mass is 10.3. The summed E-state index contributed by atoms with van der Waals surface area (Å²) in [4.78, 5) is 4.68. The summed E-state index contributed by atoms with van der Waals surface area (Å²) >= 11 is 0. The molecule has 0 amide bonds. The van der Waals surface area contributed by atoms with Crippen molar-refractivity contribution in [2.24, 2.45) is 0 Å². The minimum Gasteiger partial charge on any atom is -0.497 e. The average Bonchev–Trinajstić information content (AvgIpc) is 2.54. The van der Waals surface area contributed by atoms with Gasteiger partial charge in [0.25, 0.3) is 0 Å². The first-order valence-electron chi connectivity index (χ1n) is 7.90. The van der Waals surface area contributed by atoms with Gasteiger partial charge in [-0.3, -0.25) is 9.80 Å². The molecule has 0 aromatic heterocycles. The Labute approximate surface area is 138 Å². The Bertz CT molecular complexity index is 596. The first-order valence-corrected chi connectivity index (χ1v) is 9.55. The molecule has 0 saturated carbocycles. The van der Waals surface area contributed by atoms with E-state index in [-0.39, 0.29) is 11.9 Å². The number of aliphatic hydroxyl groups excluding tert-OH is 1. The summed E-state index contributed by atoms with van der Waals surface area (Å²) < 4.78 is 29.9. The van der Waals surface area contributed by atoms with Crippen LogP contribution in [-0.4, -0.2) is 81.6 Å². The molecule has 0 spiro atoms. The van der Waals surface area contributed by atoms with Crippen LogP contribution in [0.5, 0.6) is 5.75 Å². The molecule has 7 heteroatoms. The van der Waals surface area contributed by atoms with Crippen molar-refractivity contribution in [2.45, 2.75) is 17.9 Å². The van der Waals surface area contributed by atoms with Gasteiger partial charge in [0, 0.05) is 39.3 Å². The second-order valence-corrected chi connectivity index (χ2v) is 8.10. The highest BCUT2D eigenvalue weighted by Gasteiger charge is 2.21. The summed E-state index contributed by atoms with van der Waals surface area (Å²) in [7, 11) is -1.77. The maximum Gasteiger partial charge on any atom is 0.179 e. The van der Waals surface area contributed by atoms with Gasteiger partial charge in [0.2, 0.25) is 0 Å². The summed E-state index contributed by atoms with van der Waals surface area (Å²) in [6.45, 7) is 6.39. The van der Waals surface area contributed by atoms with E-state index < -0.39 is 9.84 Å². The molecule has 1 aliphatic heterocycles. The molecule has 1 aromatic carbocycles. The monoisotopic (exact) mass is 342 g/mol. The second-order valence-electron chi connectivity index (χ2n) is 5.99. The van der Waals surface area contributed by atoms with E-state index in [1.165, 1.54) is 7.11 Å². The van der Waals surface area contributed by atoms with Gasteiger partial charge in [0.05, 0.1) is 23.9 Å². The number of ether oxygens (including phenoxy) is 1. The van der Waals surface area contributed by atoms with Crippen LogP contribution in [0.1, 0.15) is 6.92 Å².